The molecule has 2 aromatic heterocycles. The molecular formula is C19H18N4O. The van der Waals surface area contributed by atoms with E-state index in [1.165, 1.54) is 0 Å². The van der Waals surface area contributed by atoms with Gasteiger partial charge >= 0.3 is 0 Å². The lowest BCUT2D eigenvalue weighted by molar-refractivity contribution is -0.125. The van der Waals surface area contributed by atoms with Gasteiger partial charge in [-0.3, -0.25) is 9.78 Å². The van der Waals surface area contributed by atoms with Gasteiger partial charge in [-0.15, -0.1) is 0 Å². The Bertz CT molecular complexity index is 825. The number of rotatable bonds is 5. The van der Waals surface area contributed by atoms with Crippen molar-refractivity contribution in [3.05, 3.63) is 84.5 Å². The fourth-order valence-electron chi connectivity index (χ4n) is 2.28. The van der Waals surface area contributed by atoms with Crippen LogP contribution < -0.4 is 0 Å². The number of likely N-dealkylation sites (N-methyl/N-ethyl adjacent to an activating group) is 1. The smallest absolute Gasteiger partial charge is 0.246 e. The lowest BCUT2D eigenvalue weighted by Gasteiger charge is -2.13. The van der Waals surface area contributed by atoms with Crippen LogP contribution >= 0.6 is 0 Å². The van der Waals surface area contributed by atoms with Gasteiger partial charge in [0.25, 0.3) is 0 Å². The predicted octanol–water partition coefficient (Wildman–Crippen LogP) is 2.94. The molecule has 120 valence electrons. The normalized spacial score (nSPS) is 10.9. The Morgan fingerprint density at radius 1 is 1.17 bits per heavy atom. The Morgan fingerprint density at radius 2 is 2.00 bits per heavy atom. The maximum Gasteiger partial charge on any atom is 0.246 e. The number of carbonyl (C=O) groups excluding carboxylic acids is 1. The van der Waals surface area contributed by atoms with Crippen molar-refractivity contribution in [3.63, 3.8) is 0 Å². The van der Waals surface area contributed by atoms with Crippen molar-refractivity contribution in [2.45, 2.75) is 6.54 Å². The number of aromatic nitrogens is 3. The van der Waals surface area contributed by atoms with Crippen LogP contribution in [0.5, 0.6) is 0 Å². The van der Waals surface area contributed by atoms with Gasteiger partial charge in [-0.1, -0.05) is 24.3 Å². The SMILES string of the molecule is CN(Cc1cnn(-c2ccccc2)c1)C(=O)/C=C/c1cccnc1. The van der Waals surface area contributed by atoms with Gasteiger partial charge in [-0.05, 0) is 29.8 Å². The van der Waals surface area contributed by atoms with E-state index in [2.05, 4.69) is 10.1 Å². The zero-order valence-corrected chi connectivity index (χ0v) is 13.4. The number of para-hydroxylation sites is 1. The first-order valence-corrected chi connectivity index (χ1v) is 7.64. The van der Waals surface area contributed by atoms with Gasteiger partial charge in [-0.2, -0.15) is 5.10 Å². The van der Waals surface area contributed by atoms with Crippen LogP contribution in [0.4, 0.5) is 0 Å². The number of carbonyl (C=O) groups is 1. The third kappa shape index (κ3) is 3.95. The van der Waals surface area contributed by atoms with Gasteiger partial charge in [0.15, 0.2) is 0 Å². The molecule has 0 saturated carbocycles. The molecular weight excluding hydrogens is 300 g/mol. The van der Waals surface area contributed by atoms with E-state index in [-0.39, 0.29) is 5.91 Å². The molecule has 0 saturated heterocycles. The highest BCUT2D eigenvalue weighted by Gasteiger charge is 2.08. The minimum Gasteiger partial charge on any atom is -0.338 e. The van der Waals surface area contributed by atoms with Crippen LogP contribution in [0.1, 0.15) is 11.1 Å². The van der Waals surface area contributed by atoms with Gasteiger partial charge in [0.05, 0.1) is 11.9 Å². The molecule has 0 bridgehead atoms. The molecule has 0 spiro atoms. The second kappa shape index (κ2) is 7.37. The van der Waals surface area contributed by atoms with E-state index in [4.69, 9.17) is 0 Å². The van der Waals surface area contributed by atoms with E-state index in [1.807, 2.05) is 48.7 Å². The Labute approximate surface area is 140 Å². The van der Waals surface area contributed by atoms with E-state index >= 15 is 0 Å². The van der Waals surface area contributed by atoms with Gasteiger partial charge in [0, 0.05) is 43.8 Å². The van der Waals surface area contributed by atoms with E-state index in [0.29, 0.717) is 6.54 Å². The number of pyridine rings is 1. The van der Waals surface area contributed by atoms with Gasteiger partial charge in [-0.25, -0.2) is 4.68 Å². The number of benzene rings is 1. The van der Waals surface area contributed by atoms with Crippen LogP contribution in [0.25, 0.3) is 11.8 Å². The Morgan fingerprint density at radius 3 is 2.75 bits per heavy atom. The van der Waals surface area contributed by atoms with Crippen molar-refractivity contribution in [2.24, 2.45) is 0 Å². The fourth-order valence-corrected chi connectivity index (χ4v) is 2.28. The number of hydrogen-bond donors (Lipinski definition) is 0. The van der Waals surface area contributed by atoms with E-state index < -0.39 is 0 Å². The fraction of sp³-hybridized carbons (Fsp3) is 0.105. The lowest BCUT2D eigenvalue weighted by atomic mass is 10.2. The topological polar surface area (TPSA) is 51.0 Å². The second-order valence-electron chi connectivity index (χ2n) is 5.44. The molecule has 3 aromatic rings. The Hall–Kier alpha value is -3.21. The first-order chi connectivity index (χ1) is 11.7. The van der Waals surface area contributed by atoms with Crippen molar-refractivity contribution < 1.29 is 4.79 Å². The van der Waals surface area contributed by atoms with E-state index in [9.17, 15) is 4.79 Å². The molecule has 1 amide bonds. The summed E-state index contributed by atoms with van der Waals surface area (Å²) in [6.45, 7) is 0.503. The summed E-state index contributed by atoms with van der Waals surface area (Å²) in [5.41, 5.74) is 2.87. The molecule has 24 heavy (non-hydrogen) atoms. The molecule has 0 aliphatic carbocycles. The predicted molar refractivity (Wildman–Crippen MR) is 93.3 cm³/mol. The van der Waals surface area contributed by atoms with E-state index in [1.54, 1.807) is 47.4 Å². The average Bonchev–Trinajstić information content (AvgIpc) is 3.10. The van der Waals surface area contributed by atoms with Crippen LogP contribution in [-0.4, -0.2) is 32.6 Å². The lowest BCUT2D eigenvalue weighted by Crippen LogP contribution is -2.23. The Kier molecular flexibility index (Phi) is 4.81. The molecule has 0 aliphatic rings. The summed E-state index contributed by atoms with van der Waals surface area (Å²) in [7, 11) is 1.77. The summed E-state index contributed by atoms with van der Waals surface area (Å²) in [5.74, 6) is -0.0636. The van der Waals surface area contributed by atoms with Crippen LogP contribution in [0.2, 0.25) is 0 Å². The molecule has 3 rings (SSSR count). The van der Waals surface area contributed by atoms with Crippen LogP contribution in [-0.2, 0) is 11.3 Å². The average molecular weight is 318 g/mol. The molecule has 0 atom stereocenters. The van der Waals surface area contributed by atoms with Crippen molar-refractivity contribution in [2.75, 3.05) is 7.05 Å². The van der Waals surface area contributed by atoms with E-state index in [0.717, 1.165) is 16.8 Å². The molecule has 0 aliphatic heterocycles. The quantitative estimate of drug-likeness (QED) is 0.680. The van der Waals surface area contributed by atoms with Gasteiger partial charge in [0.2, 0.25) is 5.91 Å². The minimum atomic E-state index is -0.0636. The summed E-state index contributed by atoms with van der Waals surface area (Å²) >= 11 is 0. The number of hydrogen-bond acceptors (Lipinski definition) is 3. The third-order valence-electron chi connectivity index (χ3n) is 3.56. The molecule has 0 radical (unpaired) electrons. The van der Waals surface area contributed by atoms with Crippen molar-refractivity contribution in [1.82, 2.24) is 19.7 Å². The summed E-state index contributed by atoms with van der Waals surface area (Å²) < 4.78 is 1.80. The maximum atomic E-state index is 12.2. The molecule has 0 N–H and O–H groups in total. The summed E-state index contributed by atoms with van der Waals surface area (Å²) in [6, 6.07) is 13.6. The van der Waals surface area contributed by atoms with Crippen LogP contribution in [0.15, 0.2) is 73.3 Å². The highest BCUT2D eigenvalue weighted by Crippen LogP contribution is 2.09. The summed E-state index contributed by atoms with van der Waals surface area (Å²) in [5, 5.41) is 4.34. The standard InChI is InChI=1S/C19H18N4O/c1-22(19(24)10-9-16-6-5-11-20-12-16)14-17-13-21-23(15-17)18-7-3-2-4-8-18/h2-13,15H,14H2,1H3/b10-9+. The van der Waals surface area contributed by atoms with Crippen molar-refractivity contribution >= 4 is 12.0 Å². The van der Waals surface area contributed by atoms with Crippen LogP contribution in [0.3, 0.4) is 0 Å². The van der Waals surface area contributed by atoms with Crippen molar-refractivity contribution in [1.29, 1.82) is 0 Å². The second-order valence-corrected chi connectivity index (χ2v) is 5.44. The first-order valence-electron chi connectivity index (χ1n) is 7.64. The summed E-state index contributed by atoms with van der Waals surface area (Å²) in [4.78, 5) is 17.9. The molecule has 1 aromatic carbocycles. The number of amides is 1. The molecule has 0 unspecified atom stereocenters. The zero-order chi connectivity index (χ0) is 16.8. The minimum absolute atomic E-state index is 0.0636. The highest BCUT2D eigenvalue weighted by atomic mass is 16.2. The van der Waals surface area contributed by atoms with Crippen molar-refractivity contribution in [3.8, 4) is 5.69 Å². The third-order valence-corrected chi connectivity index (χ3v) is 3.56. The summed E-state index contributed by atoms with van der Waals surface area (Å²) in [6.07, 6.45) is 10.5. The molecule has 5 heteroatoms. The Balaban J connectivity index is 1.62. The molecule has 0 fully saturated rings. The zero-order valence-electron chi connectivity index (χ0n) is 13.4. The number of nitrogens with zero attached hydrogens (tertiary/aromatic N) is 4. The van der Waals surface area contributed by atoms with Gasteiger partial charge < -0.3 is 4.90 Å². The molecule has 5 nitrogen and oxygen atoms in total. The van der Waals surface area contributed by atoms with Gasteiger partial charge in [0.1, 0.15) is 0 Å². The highest BCUT2D eigenvalue weighted by molar-refractivity contribution is 5.91. The largest absolute Gasteiger partial charge is 0.338 e. The molecule has 2 heterocycles. The monoisotopic (exact) mass is 318 g/mol. The maximum absolute atomic E-state index is 12.2. The van der Waals surface area contributed by atoms with Crippen LogP contribution in [0, 0.1) is 0 Å². The first kappa shape index (κ1) is 15.7.